The van der Waals surface area contributed by atoms with E-state index in [0.29, 0.717) is 0 Å². The van der Waals surface area contributed by atoms with E-state index in [1.54, 1.807) is 19.3 Å². The molecule has 0 radical (unpaired) electrons. The first kappa shape index (κ1) is 12.7. The Hall–Kier alpha value is -0.330. The van der Waals surface area contributed by atoms with Crippen molar-refractivity contribution in [2.45, 2.75) is 19.3 Å². The Morgan fingerprint density at radius 2 is 1.22 bits per heavy atom. The molecule has 4 fully saturated rings. The minimum absolute atomic E-state index is 0.737. The van der Waals surface area contributed by atoms with Crippen molar-refractivity contribution < 1.29 is 0 Å². The fourth-order valence-electron chi connectivity index (χ4n) is 4.19. The summed E-state index contributed by atoms with van der Waals surface area (Å²) in [6.07, 6.45) is 20.7. The molecule has 1 N–H and O–H groups in total. The maximum atomic E-state index is 5.80. The van der Waals surface area contributed by atoms with Crippen LogP contribution in [0.1, 0.15) is 19.3 Å². The zero-order valence-corrected chi connectivity index (χ0v) is 12.5. The summed E-state index contributed by atoms with van der Waals surface area (Å²) in [7, 11) is 0. The second kappa shape index (κ2) is 5.35. The van der Waals surface area contributed by atoms with Crippen LogP contribution in [0.5, 0.6) is 0 Å². The Morgan fingerprint density at radius 1 is 0.778 bits per heavy atom. The summed E-state index contributed by atoms with van der Waals surface area (Å²) in [5, 5.41) is 2.92. The Morgan fingerprint density at radius 3 is 1.61 bits per heavy atom. The lowest BCUT2D eigenvalue weighted by atomic mass is 9.76. The quantitative estimate of drug-likeness (QED) is 0.679. The van der Waals surface area contributed by atoms with Crippen molar-refractivity contribution in [2.24, 2.45) is 17.8 Å². The van der Waals surface area contributed by atoms with Gasteiger partial charge in [-0.25, -0.2) is 0 Å². The number of nitrogens with one attached hydrogen (secondary N) is 1. The molecule has 0 amide bonds. The summed E-state index contributed by atoms with van der Waals surface area (Å²) in [5.74, 6) is 3.27. The predicted octanol–water partition coefficient (Wildman–Crippen LogP) is 3.70. The Labute approximate surface area is 115 Å². The Balaban J connectivity index is 0.000000125. The minimum atomic E-state index is -0.737. The summed E-state index contributed by atoms with van der Waals surface area (Å²) >= 11 is 5.80. The summed E-state index contributed by atoms with van der Waals surface area (Å²) in [6, 6.07) is -0.737. The van der Waals surface area contributed by atoms with Gasteiger partial charge in [0.2, 0.25) is 0 Å². The monoisotopic (exact) mass is 279 g/mol. The molecule has 5 aliphatic rings. The minimum Gasteiger partial charge on any atom is -0.368 e. The van der Waals surface area contributed by atoms with Gasteiger partial charge >= 0.3 is 0 Å². The number of hydrogen-bond acceptors (Lipinski definition) is 2. The van der Waals surface area contributed by atoms with Gasteiger partial charge in [0.1, 0.15) is 0 Å². The van der Waals surface area contributed by atoms with Crippen molar-refractivity contribution in [1.82, 2.24) is 5.32 Å². The van der Waals surface area contributed by atoms with Gasteiger partial charge in [-0.2, -0.15) is 0 Å². The average molecular weight is 279 g/mol. The van der Waals surface area contributed by atoms with E-state index < -0.39 is 6.04 Å². The number of allylic oxidation sites excluding steroid dienone is 4. The first-order chi connectivity index (χ1) is 8.73. The van der Waals surface area contributed by atoms with Crippen molar-refractivity contribution in [3.8, 4) is 0 Å². The standard InChI is InChI=1S/C9H15PS.C6H7N/c11-10-4-7-1-8(5-10)3-9(2-7)6-10;1-2-4-6-7-5-3-1/h7-9H,1-6H2;1-7H. The maximum absolute atomic E-state index is 5.80. The summed E-state index contributed by atoms with van der Waals surface area (Å²) in [6.45, 7) is 0. The zero-order chi connectivity index (χ0) is 12.4. The van der Waals surface area contributed by atoms with E-state index in [4.69, 9.17) is 11.8 Å². The Bertz CT molecular complexity index is 380. The van der Waals surface area contributed by atoms with Crippen LogP contribution in [0, 0.1) is 17.8 Å². The van der Waals surface area contributed by atoms with E-state index in [0.717, 1.165) is 17.8 Å². The lowest BCUT2D eigenvalue weighted by Gasteiger charge is -2.51. The Kier molecular flexibility index (Phi) is 3.77. The largest absolute Gasteiger partial charge is 0.368 e. The lowest BCUT2D eigenvalue weighted by molar-refractivity contribution is 0.212. The molecule has 98 valence electrons. The summed E-state index contributed by atoms with van der Waals surface area (Å²) < 4.78 is 0. The zero-order valence-electron chi connectivity index (χ0n) is 10.8. The van der Waals surface area contributed by atoms with Crippen LogP contribution in [0.25, 0.3) is 0 Å². The lowest BCUT2D eigenvalue weighted by Crippen LogP contribution is -2.40. The third-order valence-electron chi connectivity index (χ3n) is 4.49. The van der Waals surface area contributed by atoms with Crippen LogP contribution < -0.4 is 5.32 Å². The van der Waals surface area contributed by atoms with Gasteiger partial charge in [-0.05, 0) is 73.7 Å². The number of hydrogen-bond donors (Lipinski definition) is 1. The molecule has 0 aromatic carbocycles. The van der Waals surface area contributed by atoms with Crippen LogP contribution in [0.15, 0.2) is 36.7 Å². The topological polar surface area (TPSA) is 12.0 Å². The van der Waals surface area contributed by atoms with Crippen LogP contribution in [0.4, 0.5) is 0 Å². The van der Waals surface area contributed by atoms with Crippen LogP contribution in [0.3, 0.4) is 0 Å². The predicted molar refractivity (Wildman–Crippen MR) is 83.8 cm³/mol. The molecule has 0 spiro atoms. The number of rotatable bonds is 0. The molecule has 18 heavy (non-hydrogen) atoms. The third kappa shape index (κ3) is 2.97. The van der Waals surface area contributed by atoms with Crippen LogP contribution in [-0.2, 0) is 11.8 Å². The van der Waals surface area contributed by atoms with Crippen LogP contribution in [0.2, 0.25) is 0 Å². The summed E-state index contributed by atoms with van der Waals surface area (Å²) in [5.41, 5.74) is 0. The highest BCUT2D eigenvalue weighted by Crippen LogP contribution is 2.65. The smallest absolute Gasteiger partial charge is 0.000442 e. The van der Waals surface area contributed by atoms with E-state index in [-0.39, 0.29) is 0 Å². The van der Waals surface area contributed by atoms with Gasteiger partial charge in [-0.3, -0.25) is 0 Å². The fourth-order valence-corrected chi connectivity index (χ4v) is 10.3. The SMILES string of the molecule is C1=CC=CNC=C1.S=P12CC3CC(CC(C3)C1)C2. The van der Waals surface area contributed by atoms with Crippen molar-refractivity contribution in [3.63, 3.8) is 0 Å². The van der Waals surface area contributed by atoms with Gasteiger partial charge in [0.25, 0.3) is 0 Å². The van der Waals surface area contributed by atoms with Crippen LogP contribution in [-0.4, -0.2) is 18.5 Å². The molecule has 1 aliphatic carbocycles. The molecule has 4 aliphatic heterocycles. The molecule has 1 saturated carbocycles. The van der Waals surface area contributed by atoms with Crippen molar-refractivity contribution >= 4 is 17.8 Å². The summed E-state index contributed by atoms with van der Waals surface area (Å²) in [4.78, 5) is 0. The molecular formula is C15H22NPS. The second-order valence-corrected chi connectivity index (χ2v) is 11.7. The van der Waals surface area contributed by atoms with Crippen molar-refractivity contribution in [2.75, 3.05) is 18.5 Å². The molecule has 4 bridgehead atoms. The maximum Gasteiger partial charge on any atom is 0.000442 e. The molecule has 0 unspecified atom stereocenters. The van der Waals surface area contributed by atoms with E-state index in [9.17, 15) is 0 Å². The molecule has 3 heteroatoms. The molecule has 5 rings (SSSR count). The highest BCUT2D eigenvalue weighted by atomic mass is 32.4. The van der Waals surface area contributed by atoms with Gasteiger partial charge in [-0.1, -0.05) is 24.0 Å². The average Bonchev–Trinajstić information content (AvgIpc) is 2.57. The molecule has 4 heterocycles. The third-order valence-corrected chi connectivity index (χ3v) is 9.38. The second-order valence-electron chi connectivity index (χ2n) is 6.18. The van der Waals surface area contributed by atoms with Gasteiger partial charge in [0.05, 0.1) is 0 Å². The van der Waals surface area contributed by atoms with E-state index >= 15 is 0 Å². The van der Waals surface area contributed by atoms with Crippen LogP contribution >= 0.6 is 6.04 Å². The van der Waals surface area contributed by atoms with Gasteiger partial charge < -0.3 is 5.32 Å². The molecule has 1 nitrogen and oxygen atoms in total. The molecule has 3 saturated heterocycles. The van der Waals surface area contributed by atoms with E-state index in [1.807, 2.05) is 36.7 Å². The van der Waals surface area contributed by atoms with E-state index in [1.165, 1.54) is 18.5 Å². The normalized spacial score (nSPS) is 43.0. The molecular weight excluding hydrogens is 257 g/mol. The first-order valence-corrected chi connectivity index (χ1v) is 10.4. The van der Waals surface area contributed by atoms with Crippen molar-refractivity contribution in [1.29, 1.82) is 0 Å². The molecule has 0 aromatic heterocycles. The van der Waals surface area contributed by atoms with Gasteiger partial charge in [0.15, 0.2) is 0 Å². The van der Waals surface area contributed by atoms with Crippen molar-refractivity contribution in [3.05, 3.63) is 36.7 Å². The molecule has 0 atom stereocenters. The van der Waals surface area contributed by atoms with E-state index in [2.05, 4.69) is 5.32 Å². The fraction of sp³-hybridized carbons (Fsp3) is 0.600. The highest BCUT2D eigenvalue weighted by Gasteiger charge is 2.45. The first-order valence-electron chi connectivity index (χ1n) is 7.05. The highest BCUT2D eigenvalue weighted by molar-refractivity contribution is 8.14. The van der Waals surface area contributed by atoms with Gasteiger partial charge in [-0.15, -0.1) is 0 Å². The van der Waals surface area contributed by atoms with Gasteiger partial charge in [0, 0.05) is 12.4 Å². The molecule has 0 aromatic rings.